The van der Waals surface area contributed by atoms with Gasteiger partial charge in [0.2, 0.25) is 0 Å². The Kier molecular flexibility index (Phi) is 4.75. The lowest BCUT2D eigenvalue weighted by atomic mass is 10.3. The number of nitrogens with two attached hydrogens (primary N) is 1. The first-order chi connectivity index (χ1) is 8.13. The summed E-state index contributed by atoms with van der Waals surface area (Å²) in [6, 6.07) is 7.16. The molecule has 0 spiro atoms. The van der Waals surface area contributed by atoms with Crippen molar-refractivity contribution in [2.45, 2.75) is 0 Å². The van der Waals surface area contributed by atoms with Crippen molar-refractivity contribution in [3.05, 3.63) is 49.1 Å². The molecule has 90 valence electrons. The summed E-state index contributed by atoms with van der Waals surface area (Å²) >= 11 is 0. The molecule has 0 fully saturated rings. The highest BCUT2D eigenvalue weighted by molar-refractivity contribution is 5.47. The van der Waals surface area contributed by atoms with Gasteiger partial charge in [0, 0.05) is 32.2 Å². The molecule has 1 rings (SSSR count). The maximum atomic E-state index is 5.57. The van der Waals surface area contributed by atoms with Crippen molar-refractivity contribution in [3.63, 3.8) is 0 Å². The van der Waals surface area contributed by atoms with Crippen LogP contribution in [0.1, 0.15) is 0 Å². The fraction of sp³-hybridized carbons (Fsp3) is 0.167. The Balaban J connectivity index is 2.61. The van der Waals surface area contributed by atoms with Crippen LogP contribution < -0.4 is 11.1 Å². The Morgan fingerprint density at radius 2 is 2.06 bits per heavy atom. The van der Waals surface area contributed by atoms with E-state index < -0.39 is 0 Å². The molecule has 0 amide bonds. The van der Waals surface area contributed by atoms with Gasteiger partial charge in [-0.15, -0.1) is 10.2 Å². The van der Waals surface area contributed by atoms with E-state index in [4.69, 9.17) is 5.73 Å². The number of rotatable bonds is 5. The number of nitrogens with one attached hydrogen (secondary N) is 1. The lowest BCUT2D eigenvalue weighted by Crippen LogP contribution is -2.08. The number of anilines is 1. The number of nitrogens with zero attached hydrogens (tertiary/aromatic N) is 3. The second-order valence-electron chi connectivity index (χ2n) is 3.42. The first-order valence-corrected chi connectivity index (χ1v) is 5.16. The molecule has 0 aliphatic heterocycles. The lowest BCUT2D eigenvalue weighted by molar-refractivity contribution is 0.553. The molecule has 0 bridgehead atoms. The van der Waals surface area contributed by atoms with Crippen LogP contribution in [-0.2, 0) is 0 Å². The van der Waals surface area contributed by atoms with Crippen LogP contribution in [0.2, 0.25) is 0 Å². The van der Waals surface area contributed by atoms with E-state index in [0.717, 1.165) is 5.69 Å². The van der Waals surface area contributed by atoms with Crippen LogP contribution in [0.3, 0.4) is 0 Å². The molecule has 0 radical (unpaired) electrons. The largest absolute Gasteiger partial charge is 0.399 e. The van der Waals surface area contributed by atoms with E-state index in [9.17, 15) is 0 Å². The molecule has 0 heterocycles. The molecule has 3 N–H and O–H groups in total. The summed E-state index contributed by atoms with van der Waals surface area (Å²) in [5, 5.41) is 10.9. The summed E-state index contributed by atoms with van der Waals surface area (Å²) in [6.07, 6.45) is 3.59. The minimum Gasteiger partial charge on any atom is -0.399 e. The number of benzene rings is 1. The highest BCUT2D eigenvalue weighted by Crippen LogP contribution is 2.15. The Morgan fingerprint density at radius 3 is 2.65 bits per heavy atom. The van der Waals surface area contributed by atoms with Gasteiger partial charge in [0.25, 0.3) is 0 Å². The van der Waals surface area contributed by atoms with Crippen LogP contribution in [0.25, 0.3) is 0 Å². The third-order valence-electron chi connectivity index (χ3n) is 2.05. The van der Waals surface area contributed by atoms with Crippen LogP contribution >= 0.6 is 0 Å². The quantitative estimate of drug-likeness (QED) is 0.604. The van der Waals surface area contributed by atoms with E-state index in [0.29, 0.717) is 11.5 Å². The molecular formula is C12H17N5. The number of hydrogen-bond acceptors (Lipinski definition) is 5. The minimum absolute atomic E-state index is 0.549. The van der Waals surface area contributed by atoms with Gasteiger partial charge >= 0.3 is 0 Å². The topological polar surface area (TPSA) is 66.0 Å². The third kappa shape index (κ3) is 4.38. The molecule has 1 aromatic rings. The second kappa shape index (κ2) is 6.32. The van der Waals surface area contributed by atoms with Crippen molar-refractivity contribution in [3.8, 4) is 0 Å². The predicted molar refractivity (Wildman–Crippen MR) is 70.5 cm³/mol. The molecule has 1 aromatic carbocycles. The van der Waals surface area contributed by atoms with Gasteiger partial charge in [-0.2, -0.15) is 0 Å². The zero-order valence-electron chi connectivity index (χ0n) is 10.1. The molecule has 0 aromatic heterocycles. The first kappa shape index (κ1) is 12.8. The fourth-order valence-electron chi connectivity index (χ4n) is 0.999. The van der Waals surface area contributed by atoms with E-state index in [1.165, 1.54) is 0 Å². The summed E-state index contributed by atoms with van der Waals surface area (Å²) in [5.74, 6) is 0.549. The molecule has 5 nitrogen and oxygen atoms in total. The van der Waals surface area contributed by atoms with E-state index in [2.05, 4.69) is 22.1 Å². The number of azo groups is 1. The van der Waals surface area contributed by atoms with E-state index in [-0.39, 0.29) is 0 Å². The van der Waals surface area contributed by atoms with Gasteiger partial charge in [-0.3, -0.25) is 0 Å². The molecule has 0 aliphatic carbocycles. The van der Waals surface area contributed by atoms with Crippen LogP contribution in [0.15, 0.2) is 59.3 Å². The average Bonchev–Trinajstić information content (AvgIpc) is 2.34. The highest BCUT2D eigenvalue weighted by Gasteiger charge is 1.95. The first-order valence-electron chi connectivity index (χ1n) is 5.16. The maximum absolute atomic E-state index is 5.57. The highest BCUT2D eigenvalue weighted by atomic mass is 15.3. The van der Waals surface area contributed by atoms with Crippen molar-refractivity contribution in [1.82, 2.24) is 10.2 Å². The van der Waals surface area contributed by atoms with Crippen molar-refractivity contribution < 1.29 is 0 Å². The Morgan fingerprint density at radius 1 is 1.41 bits per heavy atom. The summed E-state index contributed by atoms with van der Waals surface area (Å²) < 4.78 is 0. The Hall–Kier alpha value is -2.30. The van der Waals surface area contributed by atoms with Crippen molar-refractivity contribution >= 4 is 11.4 Å². The summed E-state index contributed by atoms with van der Waals surface area (Å²) in [5.41, 5.74) is 7.02. The molecule has 0 unspecified atom stereocenters. The SMILES string of the molecule is C=C(/N=N/c1ccc(N)cc1)N(C)/C=C\NC. The Bertz CT molecular complexity index is 419. The predicted octanol–water partition coefficient (Wildman–Crippen LogP) is 2.45. The van der Waals surface area contributed by atoms with Gasteiger partial charge in [-0.05, 0) is 24.3 Å². The normalized spacial score (nSPS) is 10.9. The number of nitrogen functional groups attached to an aromatic ring is 1. The standard InChI is InChI=1S/C12H17N5/c1-10(17(3)9-8-14-2)15-16-12-6-4-11(13)5-7-12/h4-9,14H,1,13H2,2-3H3/b9-8-,16-15+. The van der Waals surface area contributed by atoms with Crippen LogP contribution in [0.5, 0.6) is 0 Å². The molecule has 0 aliphatic rings. The zero-order chi connectivity index (χ0) is 12.7. The van der Waals surface area contributed by atoms with E-state index in [1.54, 1.807) is 35.4 Å². The minimum atomic E-state index is 0.549. The van der Waals surface area contributed by atoms with Crippen molar-refractivity contribution in [1.29, 1.82) is 0 Å². The summed E-state index contributed by atoms with van der Waals surface area (Å²) in [7, 11) is 3.67. The smallest absolute Gasteiger partial charge is 0.147 e. The molecule has 0 saturated carbocycles. The monoisotopic (exact) mass is 231 g/mol. The van der Waals surface area contributed by atoms with E-state index in [1.807, 2.05) is 20.3 Å². The van der Waals surface area contributed by atoms with Gasteiger partial charge < -0.3 is 16.0 Å². The van der Waals surface area contributed by atoms with Gasteiger partial charge in [0.15, 0.2) is 0 Å². The summed E-state index contributed by atoms with van der Waals surface area (Å²) in [4.78, 5) is 1.76. The molecule has 0 atom stereocenters. The fourth-order valence-corrected chi connectivity index (χ4v) is 0.999. The van der Waals surface area contributed by atoms with Crippen molar-refractivity contribution in [2.75, 3.05) is 19.8 Å². The molecule has 0 saturated heterocycles. The van der Waals surface area contributed by atoms with Crippen LogP contribution in [0.4, 0.5) is 11.4 Å². The maximum Gasteiger partial charge on any atom is 0.147 e. The van der Waals surface area contributed by atoms with Crippen LogP contribution in [-0.4, -0.2) is 19.0 Å². The van der Waals surface area contributed by atoms with Crippen LogP contribution in [0, 0.1) is 0 Å². The molecule has 5 heteroatoms. The van der Waals surface area contributed by atoms with Gasteiger partial charge in [-0.1, -0.05) is 6.58 Å². The van der Waals surface area contributed by atoms with Gasteiger partial charge in [-0.25, -0.2) is 0 Å². The zero-order valence-corrected chi connectivity index (χ0v) is 10.1. The Labute approximate surface area is 101 Å². The lowest BCUT2D eigenvalue weighted by Gasteiger charge is -2.11. The van der Waals surface area contributed by atoms with Gasteiger partial charge in [0.1, 0.15) is 5.82 Å². The van der Waals surface area contributed by atoms with E-state index >= 15 is 0 Å². The third-order valence-corrected chi connectivity index (χ3v) is 2.05. The molecule has 17 heavy (non-hydrogen) atoms. The average molecular weight is 231 g/mol. The van der Waals surface area contributed by atoms with Crippen molar-refractivity contribution in [2.24, 2.45) is 10.2 Å². The van der Waals surface area contributed by atoms with Gasteiger partial charge in [0.05, 0.1) is 5.69 Å². The second-order valence-corrected chi connectivity index (χ2v) is 3.42. The molecular weight excluding hydrogens is 214 g/mol. The number of hydrogen-bond donors (Lipinski definition) is 2. The summed E-state index contributed by atoms with van der Waals surface area (Å²) in [6.45, 7) is 3.80.